The van der Waals surface area contributed by atoms with Gasteiger partial charge >= 0.3 is 0 Å². The van der Waals surface area contributed by atoms with Gasteiger partial charge in [-0.1, -0.05) is 30.4 Å². The van der Waals surface area contributed by atoms with E-state index in [1.165, 1.54) is 62.0 Å². The van der Waals surface area contributed by atoms with Crippen molar-refractivity contribution < 1.29 is 14.3 Å². The lowest BCUT2D eigenvalue weighted by Gasteiger charge is -2.32. The molecule has 4 heteroatoms. The smallest absolute Gasteiger partial charge is 0.290 e. The van der Waals surface area contributed by atoms with Gasteiger partial charge < -0.3 is 5.11 Å². The molecule has 0 radical (unpaired) electrons. The van der Waals surface area contributed by atoms with E-state index in [9.17, 15) is 4.39 Å². The van der Waals surface area contributed by atoms with E-state index < -0.39 is 0 Å². The van der Waals surface area contributed by atoms with Crippen molar-refractivity contribution in [3.8, 4) is 11.8 Å². The van der Waals surface area contributed by atoms with Gasteiger partial charge in [-0.05, 0) is 80.2 Å². The zero-order valence-electron chi connectivity index (χ0n) is 15.3. The van der Waals surface area contributed by atoms with Crippen LogP contribution in [0.1, 0.15) is 54.0 Å². The highest BCUT2D eigenvalue weighted by atomic mass is 19.1. The van der Waals surface area contributed by atoms with Gasteiger partial charge in [0, 0.05) is 17.2 Å². The highest BCUT2D eigenvalue weighted by Gasteiger charge is 2.28. The number of fused-ring (bicyclic) bond motifs is 1. The van der Waals surface area contributed by atoms with Crippen LogP contribution in [-0.4, -0.2) is 29.6 Å². The molecule has 1 fully saturated rings. The minimum Gasteiger partial charge on any atom is -0.483 e. The van der Waals surface area contributed by atoms with E-state index in [1.807, 2.05) is 6.07 Å². The molecule has 2 aliphatic rings. The van der Waals surface area contributed by atoms with Crippen LogP contribution < -0.4 is 0 Å². The van der Waals surface area contributed by atoms with Crippen LogP contribution in [0.2, 0.25) is 0 Å². The number of carbonyl (C=O) groups is 1. The summed E-state index contributed by atoms with van der Waals surface area (Å²) < 4.78 is 13.2. The van der Waals surface area contributed by atoms with Gasteiger partial charge in [-0.25, -0.2) is 4.39 Å². The van der Waals surface area contributed by atoms with Crippen LogP contribution in [0.25, 0.3) is 0 Å². The molecular formula is C23H24FNO2. The number of aryl methyl sites for hydroxylation is 1. The highest BCUT2D eigenvalue weighted by molar-refractivity contribution is 5.47. The Hall–Kier alpha value is -2.64. The molecule has 0 amide bonds. The predicted octanol–water partition coefficient (Wildman–Crippen LogP) is 4.40. The molecule has 1 unspecified atom stereocenters. The topological polar surface area (TPSA) is 40.5 Å². The zero-order valence-corrected chi connectivity index (χ0v) is 15.3. The molecule has 0 bridgehead atoms. The van der Waals surface area contributed by atoms with E-state index in [-0.39, 0.29) is 12.3 Å². The second-order valence-electron chi connectivity index (χ2n) is 6.93. The lowest BCUT2D eigenvalue weighted by molar-refractivity contribution is -0.122. The Bertz CT molecular complexity index is 847. The fourth-order valence-electron chi connectivity index (χ4n) is 3.99. The molecule has 0 saturated carbocycles. The molecule has 1 aliphatic carbocycles. The summed E-state index contributed by atoms with van der Waals surface area (Å²) in [4.78, 5) is 11.0. The number of piperidine rings is 1. The van der Waals surface area contributed by atoms with Crippen molar-refractivity contribution in [1.29, 1.82) is 0 Å². The maximum absolute atomic E-state index is 13.2. The van der Waals surface area contributed by atoms with Crippen LogP contribution >= 0.6 is 0 Å². The van der Waals surface area contributed by atoms with Gasteiger partial charge in [0.05, 0.1) is 0 Å². The zero-order chi connectivity index (χ0) is 19.1. The standard InChI is InChI=1S/C22H22FN.CH2O2/c23-20-6-4-5-17(16-20)7-8-18-9-11-21-19(15-18)10-12-22(21)24-13-2-1-3-14-24;2-1-3/h4-6,9,11,15-16,22H,1-3,10,12-14H2;1H,(H,2,3). The van der Waals surface area contributed by atoms with Crippen LogP contribution in [0.4, 0.5) is 4.39 Å². The van der Waals surface area contributed by atoms with Gasteiger partial charge in [-0.15, -0.1) is 0 Å². The van der Waals surface area contributed by atoms with Gasteiger partial charge in [0.15, 0.2) is 0 Å². The van der Waals surface area contributed by atoms with Gasteiger partial charge in [-0.3, -0.25) is 9.69 Å². The summed E-state index contributed by atoms with van der Waals surface area (Å²) in [5.41, 5.74) is 4.68. The first-order valence-corrected chi connectivity index (χ1v) is 9.43. The lowest BCUT2D eigenvalue weighted by Crippen LogP contribution is -2.32. The molecule has 2 aromatic rings. The third-order valence-electron chi connectivity index (χ3n) is 5.20. The number of carboxylic acid groups (broad SMARTS) is 1. The van der Waals surface area contributed by atoms with Gasteiger partial charge in [0.25, 0.3) is 6.47 Å². The number of nitrogens with zero attached hydrogens (tertiary/aromatic N) is 1. The molecule has 1 atom stereocenters. The van der Waals surface area contributed by atoms with Crippen molar-refractivity contribution in [2.24, 2.45) is 0 Å². The molecule has 27 heavy (non-hydrogen) atoms. The molecule has 1 saturated heterocycles. The molecule has 1 aliphatic heterocycles. The fourth-order valence-corrected chi connectivity index (χ4v) is 3.99. The van der Waals surface area contributed by atoms with Crippen LogP contribution in [0.5, 0.6) is 0 Å². The highest BCUT2D eigenvalue weighted by Crippen LogP contribution is 2.37. The minimum atomic E-state index is -0.250. The first-order chi connectivity index (χ1) is 13.2. The molecule has 0 spiro atoms. The lowest BCUT2D eigenvalue weighted by atomic mass is 10.0. The molecule has 4 rings (SSSR count). The maximum Gasteiger partial charge on any atom is 0.290 e. The van der Waals surface area contributed by atoms with E-state index in [4.69, 9.17) is 9.90 Å². The summed E-state index contributed by atoms with van der Waals surface area (Å²) in [5, 5.41) is 6.89. The summed E-state index contributed by atoms with van der Waals surface area (Å²) in [7, 11) is 0. The van der Waals surface area contributed by atoms with Crippen molar-refractivity contribution in [1.82, 2.24) is 4.90 Å². The van der Waals surface area contributed by atoms with E-state index in [1.54, 1.807) is 6.07 Å². The van der Waals surface area contributed by atoms with Crippen molar-refractivity contribution in [2.75, 3.05) is 13.1 Å². The van der Waals surface area contributed by atoms with Crippen LogP contribution in [0.15, 0.2) is 42.5 Å². The van der Waals surface area contributed by atoms with Gasteiger partial charge in [0.1, 0.15) is 5.82 Å². The van der Waals surface area contributed by atoms with E-state index in [0.717, 1.165) is 17.5 Å². The summed E-state index contributed by atoms with van der Waals surface area (Å²) in [5.74, 6) is 6.01. The van der Waals surface area contributed by atoms with Crippen LogP contribution in [0, 0.1) is 17.7 Å². The number of rotatable bonds is 1. The average Bonchev–Trinajstić information content (AvgIpc) is 3.11. The van der Waals surface area contributed by atoms with Crippen molar-refractivity contribution in [3.05, 3.63) is 70.5 Å². The summed E-state index contributed by atoms with van der Waals surface area (Å²) >= 11 is 0. The molecular weight excluding hydrogens is 341 g/mol. The first kappa shape index (κ1) is 19.1. The Morgan fingerprint density at radius 1 is 1.04 bits per heavy atom. The van der Waals surface area contributed by atoms with E-state index in [2.05, 4.69) is 34.9 Å². The number of benzene rings is 2. The van der Waals surface area contributed by atoms with Crippen molar-refractivity contribution in [3.63, 3.8) is 0 Å². The Labute approximate surface area is 159 Å². The quantitative estimate of drug-likeness (QED) is 0.601. The third kappa shape index (κ3) is 4.96. The number of halogens is 1. The van der Waals surface area contributed by atoms with E-state index >= 15 is 0 Å². The Balaban J connectivity index is 0.000000659. The van der Waals surface area contributed by atoms with Crippen molar-refractivity contribution >= 4 is 6.47 Å². The third-order valence-corrected chi connectivity index (χ3v) is 5.20. The second kappa shape index (κ2) is 9.34. The average molecular weight is 365 g/mol. The normalized spacial score (nSPS) is 18.5. The summed E-state index contributed by atoms with van der Waals surface area (Å²) in [6, 6.07) is 13.7. The number of hydrogen-bond donors (Lipinski definition) is 1. The predicted molar refractivity (Wildman–Crippen MR) is 104 cm³/mol. The second-order valence-corrected chi connectivity index (χ2v) is 6.93. The molecule has 1 N–H and O–H groups in total. The Kier molecular flexibility index (Phi) is 6.62. The Morgan fingerprint density at radius 3 is 2.44 bits per heavy atom. The van der Waals surface area contributed by atoms with Gasteiger partial charge in [-0.2, -0.15) is 0 Å². The first-order valence-electron chi connectivity index (χ1n) is 9.43. The van der Waals surface area contributed by atoms with E-state index in [0.29, 0.717) is 6.04 Å². The summed E-state index contributed by atoms with van der Waals surface area (Å²) in [6.45, 7) is 2.23. The molecule has 0 aromatic heterocycles. The monoisotopic (exact) mass is 365 g/mol. The molecule has 1 heterocycles. The number of hydrogen-bond acceptors (Lipinski definition) is 2. The Morgan fingerprint density at radius 2 is 1.74 bits per heavy atom. The van der Waals surface area contributed by atoms with Crippen LogP contribution in [0.3, 0.4) is 0 Å². The van der Waals surface area contributed by atoms with Crippen LogP contribution in [-0.2, 0) is 11.2 Å². The maximum atomic E-state index is 13.2. The molecule has 140 valence electrons. The van der Waals surface area contributed by atoms with Crippen molar-refractivity contribution in [2.45, 2.75) is 38.1 Å². The van der Waals surface area contributed by atoms with Gasteiger partial charge in [0.2, 0.25) is 0 Å². The minimum absolute atomic E-state index is 0.236. The SMILES string of the molecule is Fc1cccc(C#Cc2ccc3c(c2)CCC3N2CCCCC2)c1.O=CO. The largest absolute Gasteiger partial charge is 0.483 e. The molecule has 2 aromatic carbocycles. The number of likely N-dealkylation sites (tertiary alicyclic amines) is 1. The molecule has 3 nitrogen and oxygen atoms in total. The fraction of sp³-hybridized carbons (Fsp3) is 0.348. The summed E-state index contributed by atoms with van der Waals surface area (Å²) in [6.07, 6.45) is 6.43.